The quantitative estimate of drug-likeness (QED) is 0.565. The molecular formula is C19H31N4O4+. The van der Waals surface area contributed by atoms with E-state index < -0.39 is 0 Å². The molecule has 2 saturated heterocycles. The molecule has 2 radical (unpaired) electrons. The zero-order valence-electron chi connectivity index (χ0n) is 16.5. The Bertz CT molecular complexity index is 590. The molecule has 3 atom stereocenters. The van der Waals surface area contributed by atoms with Gasteiger partial charge in [-0.15, -0.1) is 0 Å². The van der Waals surface area contributed by atoms with Crippen LogP contribution in [0.2, 0.25) is 0 Å². The summed E-state index contributed by atoms with van der Waals surface area (Å²) in [4.78, 5) is 54.5. The minimum Gasteiger partial charge on any atom is -0.306 e. The third-order valence-electron chi connectivity index (χ3n) is 4.99. The highest BCUT2D eigenvalue weighted by Crippen LogP contribution is 2.07. The number of hydrogen-bond donors (Lipinski definition) is 0. The normalized spacial score (nSPS) is 28.6. The Kier molecular flexibility index (Phi) is 7.79. The molecule has 0 saturated carbocycles. The molecule has 0 aromatic rings. The molecule has 8 nitrogen and oxygen atoms in total. The summed E-state index contributed by atoms with van der Waals surface area (Å²) in [6.45, 7) is 5.15. The number of likely N-dealkylation sites (N-methyl/N-ethyl adjacent to an activating group) is 1. The molecule has 2 bridgehead atoms. The second-order valence-electron chi connectivity index (χ2n) is 8.00. The Labute approximate surface area is 161 Å². The van der Waals surface area contributed by atoms with Crippen LogP contribution in [0.4, 0.5) is 0 Å². The van der Waals surface area contributed by atoms with E-state index in [1.807, 2.05) is 9.80 Å². The fourth-order valence-corrected chi connectivity index (χ4v) is 3.53. The average Bonchev–Trinajstić information content (AvgIpc) is 2.72. The number of hydrogen-bond acceptors (Lipinski definition) is 7. The van der Waals surface area contributed by atoms with Gasteiger partial charge >= 0.3 is 0 Å². The molecule has 0 aromatic carbocycles. The first-order valence-electron chi connectivity index (χ1n) is 9.54. The van der Waals surface area contributed by atoms with Crippen LogP contribution >= 0.6 is 0 Å². The van der Waals surface area contributed by atoms with Crippen LogP contribution in [-0.4, -0.2) is 121 Å². The molecule has 27 heavy (non-hydrogen) atoms. The minimum absolute atomic E-state index is 0.00223. The standard InChI is InChI=1S/C19H31N4O4/c1-4-16(24)9-22-7-8-23(2,3)15-19(27)14-21-6-5-20(10-17(25)12-21)11-18(26)13-22/h2H,4-15H2,1,3H3/q+1. The highest BCUT2D eigenvalue weighted by Gasteiger charge is 2.29. The number of rotatable bonds is 3. The molecule has 0 amide bonds. The van der Waals surface area contributed by atoms with Crippen molar-refractivity contribution in [3.05, 3.63) is 7.05 Å². The summed E-state index contributed by atoms with van der Waals surface area (Å²) in [5.41, 5.74) is 0. The van der Waals surface area contributed by atoms with E-state index >= 15 is 0 Å². The third kappa shape index (κ3) is 7.57. The maximum atomic E-state index is 12.5. The first kappa shape index (κ1) is 21.8. The molecule has 2 fully saturated rings. The number of nitrogens with zero attached hydrogens (tertiary/aromatic N) is 4. The second-order valence-corrected chi connectivity index (χ2v) is 8.00. The Balaban J connectivity index is 2.17. The lowest BCUT2D eigenvalue weighted by atomic mass is 10.2. The molecular weight excluding hydrogens is 348 g/mol. The maximum Gasteiger partial charge on any atom is 0.206 e. The molecule has 2 aliphatic heterocycles. The molecule has 0 spiro atoms. The summed E-state index contributed by atoms with van der Waals surface area (Å²) in [6, 6.07) is 0. The van der Waals surface area contributed by atoms with E-state index in [9.17, 15) is 19.2 Å². The highest BCUT2D eigenvalue weighted by molar-refractivity contribution is 5.87. The van der Waals surface area contributed by atoms with Gasteiger partial charge in [0.1, 0.15) is 12.3 Å². The fraction of sp³-hybridized carbons (Fsp3) is 0.737. The van der Waals surface area contributed by atoms with Crippen molar-refractivity contribution < 1.29 is 23.7 Å². The lowest BCUT2D eigenvalue weighted by Crippen LogP contribution is -2.50. The molecule has 3 unspecified atom stereocenters. The van der Waals surface area contributed by atoms with Gasteiger partial charge in [0.2, 0.25) is 12.8 Å². The average molecular weight is 379 g/mol. The van der Waals surface area contributed by atoms with Crippen molar-refractivity contribution in [2.75, 3.05) is 79.0 Å². The van der Waals surface area contributed by atoms with E-state index in [1.165, 1.54) is 0 Å². The van der Waals surface area contributed by atoms with Crippen molar-refractivity contribution in [2.24, 2.45) is 0 Å². The van der Waals surface area contributed by atoms with Crippen molar-refractivity contribution in [1.29, 1.82) is 0 Å². The van der Waals surface area contributed by atoms with Crippen LogP contribution in [0.1, 0.15) is 13.3 Å². The summed E-state index contributed by atoms with van der Waals surface area (Å²) in [6.07, 6.45) is 0.411. The number of Topliss-reactive ketones (excluding diaryl/α,β-unsaturated/α-hetero) is 4. The van der Waals surface area contributed by atoms with Gasteiger partial charge in [0.15, 0.2) is 11.6 Å². The Hall–Kier alpha value is -1.48. The lowest BCUT2D eigenvalue weighted by molar-refractivity contribution is -0.857. The largest absolute Gasteiger partial charge is 0.306 e. The summed E-state index contributed by atoms with van der Waals surface area (Å²) in [7, 11) is 8.02. The number of quaternary nitrogens is 1. The molecule has 2 aliphatic rings. The van der Waals surface area contributed by atoms with Crippen LogP contribution in [0, 0.1) is 7.05 Å². The molecule has 150 valence electrons. The lowest BCUT2D eigenvalue weighted by Gasteiger charge is -2.32. The van der Waals surface area contributed by atoms with Crippen molar-refractivity contribution in [2.45, 2.75) is 13.3 Å². The van der Waals surface area contributed by atoms with Crippen LogP contribution in [0.25, 0.3) is 0 Å². The minimum atomic E-state index is -0.0143. The van der Waals surface area contributed by atoms with Crippen LogP contribution in [0.5, 0.6) is 0 Å². The SMILES string of the molecule is [CH][N+]1(C)CCN(CC(=O)CC)CC(=O)CN2CCN(CC(=O)C2)CC(=O)C1. The number of fused-ring (bicyclic) bond motifs is 3. The zero-order chi connectivity index (χ0) is 20.0. The third-order valence-corrected chi connectivity index (χ3v) is 4.99. The van der Waals surface area contributed by atoms with Crippen molar-refractivity contribution in [3.63, 3.8) is 0 Å². The molecule has 8 heteroatoms. The fourth-order valence-electron chi connectivity index (χ4n) is 3.53. The molecule has 0 aliphatic carbocycles. The Morgan fingerprint density at radius 1 is 0.926 bits per heavy atom. The van der Waals surface area contributed by atoms with E-state index in [0.717, 1.165) is 0 Å². The Morgan fingerprint density at radius 3 is 2.00 bits per heavy atom. The van der Waals surface area contributed by atoms with Crippen LogP contribution in [0.3, 0.4) is 0 Å². The maximum absolute atomic E-state index is 12.5. The van der Waals surface area contributed by atoms with Crippen molar-refractivity contribution in [1.82, 2.24) is 14.7 Å². The van der Waals surface area contributed by atoms with E-state index in [1.54, 1.807) is 18.9 Å². The first-order chi connectivity index (χ1) is 12.7. The van der Waals surface area contributed by atoms with Gasteiger partial charge in [-0.3, -0.25) is 33.9 Å². The van der Waals surface area contributed by atoms with E-state index in [2.05, 4.69) is 0 Å². The number of carbonyl (C=O) groups is 4. The topological polar surface area (TPSA) is 78.0 Å². The summed E-state index contributed by atoms with van der Waals surface area (Å²) >= 11 is 0. The molecule has 0 N–H and O–H groups in total. The summed E-state index contributed by atoms with van der Waals surface area (Å²) in [5.74, 6) is 0.0443. The second kappa shape index (κ2) is 9.64. The van der Waals surface area contributed by atoms with Gasteiger partial charge in [-0.1, -0.05) is 6.92 Å². The van der Waals surface area contributed by atoms with E-state index in [4.69, 9.17) is 7.05 Å². The smallest absolute Gasteiger partial charge is 0.206 e. The van der Waals surface area contributed by atoms with Gasteiger partial charge in [-0.05, 0) is 0 Å². The monoisotopic (exact) mass is 379 g/mol. The first-order valence-corrected chi connectivity index (χ1v) is 9.54. The zero-order valence-corrected chi connectivity index (χ0v) is 16.5. The van der Waals surface area contributed by atoms with E-state index in [0.29, 0.717) is 32.6 Å². The predicted molar refractivity (Wildman–Crippen MR) is 99.9 cm³/mol. The van der Waals surface area contributed by atoms with Gasteiger partial charge < -0.3 is 4.48 Å². The van der Waals surface area contributed by atoms with Gasteiger partial charge in [0.05, 0.1) is 52.9 Å². The highest BCUT2D eigenvalue weighted by atomic mass is 16.1. The van der Waals surface area contributed by atoms with Crippen molar-refractivity contribution in [3.8, 4) is 0 Å². The predicted octanol–water partition coefficient (Wildman–Crippen LogP) is -1.28. The molecule has 0 aromatic heterocycles. The van der Waals surface area contributed by atoms with Crippen LogP contribution < -0.4 is 0 Å². The molecule has 2 heterocycles. The summed E-state index contributed by atoms with van der Waals surface area (Å²) in [5, 5.41) is 0. The van der Waals surface area contributed by atoms with Crippen molar-refractivity contribution >= 4 is 23.1 Å². The van der Waals surface area contributed by atoms with E-state index in [-0.39, 0.29) is 73.4 Å². The molecule has 2 rings (SSSR count). The van der Waals surface area contributed by atoms with Crippen LogP contribution in [0.15, 0.2) is 0 Å². The van der Waals surface area contributed by atoms with Gasteiger partial charge in [0, 0.05) is 26.1 Å². The van der Waals surface area contributed by atoms with Gasteiger partial charge in [-0.25, -0.2) is 0 Å². The van der Waals surface area contributed by atoms with Crippen LogP contribution in [-0.2, 0) is 19.2 Å². The van der Waals surface area contributed by atoms with Gasteiger partial charge in [-0.2, -0.15) is 0 Å². The Morgan fingerprint density at radius 2 is 1.44 bits per heavy atom. The number of carbonyl (C=O) groups excluding carboxylic acids is 4. The summed E-state index contributed by atoms with van der Waals surface area (Å²) < 4.78 is -0.00223. The van der Waals surface area contributed by atoms with Gasteiger partial charge in [0.25, 0.3) is 0 Å². The number of ketones is 4.